The van der Waals surface area contributed by atoms with Gasteiger partial charge in [0.25, 0.3) is 5.56 Å². The van der Waals surface area contributed by atoms with Gasteiger partial charge < -0.3 is 4.57 Å². The van der Waals surface area contributed by atoms with E-state index in [1.807, 2.05) is 10.6 Å². The van der Waals surface area contributed by atoms with Gasteiger partial charge in [-0.05, 0) is 44.1 Å². The number of pyridine rings is 1. The number of ketones is 1. The van der Waals surface area contributed by atoms with Crippen LogP contribution in [0.4, 0.5) is 0 Å². The lowest BCUT2D eigenvalue weighted by atomic mass is 10.0. The molecule has 1 fully saturated rings. The van der Waals surface area contributed by atoms with Crippen LogP contribution in [0.1, 0.15) is 43.4 Å². The van der Waals surface area contributed by atoms with Crippen LogP contribution in [-0.2, 0) is 24.2 Å². The molecule has 0 aromatic carbocycles. The highest BCUT2D eigenvalue weighted by Crippen LogP contribution is 2.26. The molecular formula is C15H19NO2. The number of nitrogens with zero attached hydrogens (tertiary/aromatic N) is 1. The van der Waals surface area contributed by atoms with Gasteiger partial charge in [-0.3, -0.25) is 9.59 Å². The van der Waals surface area contributed by atoms with Crippen molar-refractivity contribution in [2.45, 2.75) is 51.5 Å². The average molecular weight is 245 g/mol. The number of aryl methyl sites for hydroxylation is 1. The van der Waals surface area contributed by atoms with E-state index in [-0.39, 0.29) is 11.5 Å². The third-order valence-electron chi connectivity index (χ3n) is 4.38. The molecule has 0 bridgehead atoms. The van der Waals surface area contributed by atoms with Crippen molar-refractivity contribution < 1.29 is 4.79 Å². The standard InChI is InChI=1S/C15H19NO2/c17-14-6-2-4-12(14)9-10-16-13-5-1-3-11(13)7-8-15(16)18/h7-8,12H,1-6,9-10H2. The lowest BCUT2D eigenvalue weighted by Gasteiger charge is -2.14. The van der Waals surface area contributed by atoms with Crippen LogP contribution >= 0.6 is 0 Å². The Hall–Kier alpha value is -1.38. The Labute approximate surface area is 107 Å². The van der Waals surface area contributed by atoms with Crippen LogP contribution in [0.5, 0.6) is 0 Å². The van der Waals surface area contributed by atoms with E-state index in [1.165, 1.54) is 11.3 Å². The molecular weight excluding hydrogens is 226 g/mol. The number of hydrogen-bond donors (Lipinski definition) is 0. The van der Waals surface area contributed by atoms with E-state index in [9.17, 15) is 9.59 Å². The average Bonchev–Trinajstić information content (AvgIpc) is 2.97. The second-order valence-electron chi connectivity index (χ2n) is 5.49. The van der Waals surface area contributed by atoms with Crippen LogP contribution in [0.15, 0.2) is 16.9 Å². The van der Waals surface area contributed by atoms with Crippen LogP contribution in [0.2, 0.25) is 0 Å². The zero-order valence-electron chi connectivity index (χ0n) is 10.7. The van der Waals surface area contributed by atoms with Gasteiger partial charge in [-0.2, -0.15) is 0 Å². The van der Waals surface area contributed by atoms with E-state index in [4.69, 9.17) is 0 Å². The first-order valence-corrected chi connectivity index (χ1v) is 7.00. The Morgan fingerprint density at radius 1 is 1.11 bits per heavy atom. The van der Waals surface area contributed by atoms with Gasteiger partial charge in [-0.25, -0.2) is 0 Å². The fourth-order valence-corrected chi connectivity index (χ4v) is 3.36. The van der Waals surface area contributed by atoms with Crippen molar-refractivity contribution in [1.29, 1.82) is 0 Å². The van der Waals surface area contributed by atoms with Crippen molar-refractivity contribution >= 4 is 5.78 Å². The van der Waals surface area contributed by atoms with Gasteiger partial charge in [0.15, 0.2) is 0 Å². The summed E-state index contributed by atoms with van der Waals surface area (Å²) in [7, 11) is 0. The molecule has 96 valence electrons. The van der Waals surface area contributed by atoms with Gasteiger partial charge in [-0.1, -0.05) is 6.07 Å². The first-order valence-electron chi connectivity index (χ1n) is 7.00. The van der Waals surface area contributed by atoms with E-state index in [0.29, 0.717) is 5.78 Å². The zero-order valence-corrected chi connectivity index (χ0v) is 10.7. The van der Waals surface area contributed by atoms with E-state index >= 15 is 0 Å². The van der Waals surface area contributed by atoms with Crippen LogP contribution in [-0.4, -0.2) is 10.4 Å². The van der Waals surface area contributed by atoms with Crippen molar-refractivity contribution in [2.75, 3.05) is 0 Å². The molecule has 0 radical (unpaired) electrons. The fraction of sp³-hybridized carbons (Fsp3) is 0.600. The van der Waals surface area contributed by atoms with Crippen LogP contribution in [0.25, 0.3) is 0 Å². The lowest BCUT2D eigenvalue weighted by molar-refractivity contribution is -0.120. The zero-order chi connectivity index (χ0) is 12.5. The highest BCUT2D eigenvalue weighted by Gasteiger charge is 2.24. The summed E-state index contributed by atoms with van der Waals surface area (Å²) in [6.07, 6.45) is 6.90. The van der Waals surface area contributed by atoms with Crippen molar-refractivity contribution in [1.82, 2.24) is 4.57 Å². The SMILES string of the molecule is O=C1CCCC1CCn1c2c(ccc1=O)CCC2. The molecule has 0 N–H and O–H groups in total. The van der Waals surface area contributed by atoms with E-state index in [0.717, 1.165) is 51.5 Å². The smallest absolute Gasteiger partial charge is 0.250 e. The molecule has 2 aliphatic rings. The molecule has 0 amide bonds. The second-order valence-corrected chi connectivity index (χ2v) is 5.49. The van der Waals surface area contributed by atoms with Gasteiger partial charge in [-0.15, -0.1) is 0 Å². The number of Topliss-reactive ketones (excluding diaryl/α,β-unsaturated/α-hetero) is 1. The molecule has 3 nitrogen and oxygen atoms in total. The Balaban J connectivity index is 1.78. The van der Waals surface area contributed by atoms with Crippen molar-refractivity contribution in [3.8, 4) is 0 Å². The summed E-state index contributed by atoms with van der Waals surface area (Å²) in [5.41, 5.74) is 2.64. The number of hydrogen-bond acceptors (Lipinski definition) is 2. The summed E-state index contributed by atoms with van der Waals surface area (Å²) < 4.78 is 1.91. The fourth-order valence-electron chi connectivity index (χ4n) is 3.36. The van der Waals surface area contributed by atoms with Crippen LogP contribution in [0, 0.1) is 5.92 Å². The highest BCUT2D eigenvalue weighted by atomic mass is 16.1. The summed E-state index contributed by atoms with van der Waals surface area (Å²) in [6, 6.07) is 3.66. The maximum atomic E-state index is 11.9. The molecule has 1 saturated carbocycles. The first-order chi connectivity index (χ1) is 8.75. The van der Waals surface area contributed by atoms with Crippen molar-refractivity contribution in [3.63, 3.8) is 0 Å². The summed E-state index contributed by atoms with van der Waals surface area (Å²) >= 11 is 0. The van der Waals surface area contributed by atoms with E-state index < -0.39 is 0 Å². The monoisotopic (exact) mass is 245 g/mol. The molecule has 1 aromatic heterocycles. The first kappa shape index (κ1) is 11.7. The van der Waals surface area contributed by atoms with Gasteiger partial charge >= 0.3 is 0 Å². The van der Waals surface area contributed by atoms with Crippen molar-refractivity contribution in [2.24, 2.45) is 5.92 Å². The minimum Gasteiger partial charge on any atom is -0.312 e. The van der Waals surface area contributed by atoms with Gasteiger partial charge in [0.1, 0.15) is 5.78 Å². The molecule has 0 spiro atoms. The largest absolute Gasteiger partial charge is 0.312 e. The Morgan fingerprint density at radius 3 is 2.78 bits per heavy atom. The maximum absolute atomic E-state index is 11.9. The number of carbonyl (C=O) groups is 1. The van der Waals surface area contributed by atoms with Gasteiger partial charge in [0.05, 0.1) is 0 Å². The third-order valence-corrected chi connectivity index (χ3v) is 4.38. The normalized spacial score (nSPS) is 22.4. The molecule has 3 heteroatoms. The molecule has 1 atom stereocenters. The third kappa shape index (κ3) is 2.02. The molecule has 3 rings (SSSR count). The summed E-state index contributed by atoms with van der Waals surface area (Å²) in [5.74, 6) is 0.602. The summed E-state index contributed by atoms with van der Waals surface area (Å²) in [6.45, 7) is 0.721. The van der Waals surface area contributed by atoms with Crippen LogP contribution < -0.4 is 5.56 Å². The molecule has 1 heterocycles. The number of fused-ring (bicyclic) bond motifs is 1. The van der Waals surface area contributed by atoms with Gasteiger partial charge in [0, 0.05) is 30.6 Å². The highest BCUT2D eigenvalue weighted by molar-refractivity contribution is 5.82. The Kier molecular flexibility index (Phi) is 3.06. The minimum atomic E-state index is 0.0982. The Morgan fingerprint density at radius 2 is 2.00 bits per heavy atom. The molecule has 1 aromatic rings. The summed E-state index contributed by atoms with van der Waals surface area (Å²) in [4.78, 5) is 23.6. The number of carbonyl (C=O) groups excluding carboxylic acids is 1. The van der Waals surface area contributed by atoms with Crippen molar-refractivity contribution in [3.05, 3.63) is 33.7 Å². The molecule has 18 heavy (non-hydrogen) atoms. The topological polar surface area (TPSA) is 39.1 Å². The number of rotatable bonds is 3. The predicted molar refractivity (Wildman–Crippen MR) is 69.7 cm³/mol. The second kappa shape index (κ2) is 4.71. The Bertz CT molecular complexity index is 530. The summed E-state index contributed by atoms with van der Waals surface area (Å²) in [5, 5.41) is 0. The quantitative estimate of drug-likeness (QED) is 0.818. The van der Waals surface area contributed by atoms with Gasteiger partial charge in [0.2, 0.25) is 0 Å². The molecule has 1 unspecified atom stereocenters. The van der Waals surface area contributed by atoms with Crippen LogP contribution in [0.3, 0.4) is 0 Å². The van der Waals surface area contributed by atoms with E-state index in [2.05, 4.69) is 0 Å². The lowest BCUT2D eigenvalue weighted by Crippen LogP contribution is -2.24. The minimum absolute atomic E-state index is 0.0982. The number of aromatic nitrogens is 1. The molecule has 0 saturated heterocycles. The molecule has 2 aliphatic carbocycles. The maximum Gasteiger partial charge on any atom is 0.250 e. The van der Waals surface area contributed by atoms with E-state index in [1.54, 1.807) is 6.07 Å². The predicted octanol–water partition coefficient (Wildman–Crippen LogP) is 2.10. The molecule has 0 aliphatic heterocycles.